The fraction of sp³-hybridized carbons (Fsp3) is 0.133. The molecular formula is C30H23IN2O6S. The Bertz CT molecular complexity index is 1670. The summed E-state index contributed by atoms with van der Waals surface area (Å²) in [5.41, 5.74) is 1.87. The third-order valence-corrected chi connectivity index (χ3v) is 7.98. The van der Waals surface area contributed by atoms with E-state index in [1.807, 2.05) is 37.3 Å². The van der Waals surface area contributed by atoms with Crippen LogP contribution in [0.5, 0.6) is 11.5 Å². The fourth-order valence-electron chi connectivity index (χ4n) is 4.42. The van der Waals surface area contributed by atoms with Gasteiger partial charge in [0.15, 0.2) is 11.5 Å². The van der Waals surface area contributed by atoms with E-state index in [4.69, 9.17) is 9.47 Å². The van der Waals surface area contributed by atoms with Gasteiger partial charge in [-0.05, 0) is 81.4 Å². The smallest absolute Gasteiger partial charge is 0.293 e. The van der Waals surface area contributed by atoms with Crippen LogP contribution in [0.15, 0.2) is 83.8 Å². The topological polar surface area (TPSA) is 99.0 Å². The first-order chi connectivity index (χ1) is 19.4. The highest BCUT2D eigenvalue weighted by atomic mass is 127. The normalized spacial score (nSPS) is 14.2. The number of carbonyl (C=O) groups is 2. The molecule has 5 rings (SSSR count). The molecule has 202 valence electrons. The van der Waals surface area contributed by atoms with E-state index >= 15 is 0 Å². The number of halogens is 1. The highest BCUT2D eigenvalue weighted by Gasteiger charge is 2.36. The van der Waals surface area contributed by atoms with Gasteiger partial charge in [-0.15, -0.1) is 0 Å². The lowest BCUT2D eigenvalue weighted by Crippen LogP contribution is -2.27. The van der Waals surface area contributed by atoms with Gasteiger partial charge in [0.25, 0.3) is 16.8 Å². The molecule has 0 unspecified atom stereocenters. The minimum Gasteiger partial charge on any atom is -0.490 e. The summed E-state index contributed by atoms with van der Waals surface area (Å²) in [5.74, 6) is 0.620. The Labute approximate surface area is 248 Å². The van der Waals surface area contributed by atoms with E-state index < -0.39 is 16.1 Å². The number of para-hydroxylation sites is 1. The Morgan fingerprint density at radius 2 is 1.70 bits per heavy atom. The number of carbonyl (C=O) groups excluding carboxylic acids is 2. The molecule has 0 N–H and O–H groups in total. The molecule has 1 heterocycles. The van der Waals surface area contributed by atoms with Crippen LogP contribution >= 0.6 is 34.4 Å². The van der Waals surface area contributed by atoms with E-state index in [1.165, 1.54) is 6.07 Å². The average Bonchev–Trinajstić information content (AvgIpc) is 3.20. The number of ether oxygens (including phenoxy) is 2. The Hall–Kier alpha value is -3.90. The number of hydrogen-bond acceptors (Lipinski definition) is 7. The van der Waals surface area contributed by atoms with Crippen molar-refractivity contribution in [2.45, 2.75) is 20.1 Å². The van der Waals surface area contributed by atoms with Gasteiger partial charge in [0.2, 0.25) is 0 Å². The molecule has 4 aromatic carbocycles. The fourth-order valence-corrected chi connectivity index (χ4v) is 6.04. The van der Waals surface area contributed by atoms with Gasteiger partial charge >= 0.3 is 0 Å². The second-order valence-corrected chi connectivity index (χ2v) is 11.0. The number of nitro groups is 1. The summed E-state index contributed by atoms with van der Waals surface area (Å²) in [6.45, 7) is 2.46. The lowest BCUT2D eigenvalue weighted by Gasteiger charge is -2.16. The maximum absolute atomic E-state index is 13.1. The number of rotatable bonds is 9. The zero-order valence-corrected chi connectivity index (χ0v) is 24.3. The Kier molecular flexibility index (Phi) is 8.36. The molecule has 2 amide bonds. The van der Waals surface area contributed by atoms with Gasteiger partial charge in [0.05, 0.1) is 26.6 Å². The maximum Gasteiger partial charge on any atom is 0.293 e. The van der Waals surface area contributed by atoms with Crippen molar-refractivity contribution in [1.82, 2.24) is 4.90 Å². The zero-order valence-electron chi connectivity index (χ0n) is 21.3. The highest BCUT2D eigenvalue weighted by molar-refractivity contribution is 14.1. The quantitative estimate of drug-likeness (QED) is 0.0787. The van der Waals surface area contributed by atoms with Gasteiger partial charge < -0.3 is 9.47 Å². The number of nitro benzene ring substituents is 1. The summed E-state index contributed by atoms with van der Waals surface area (Å²) in [5, 5.41) is 13.1. The number of imide groups is 1. The third-order valence-electron chi connectivity index (χ3n) is 6.27. The molecule has 0 bridgehead atoms. The Balaban J connectivity index is 1.39. The van der Waals surface area contributed by atoms with Crippen LogP contribution < -0.4 is 9.47 Å². The predicted octanol–water partition coefficient (Wildman–Crippen LogP) is 7.57. The number of benzene rings is 4. The lowest BCUT2D eigenvalue weighted by molar-refractivity contribution is -0.385. The molecule has 0 atom stereocenters. The molecule has 1 aliphatic rings. The summed E-state index contributed by atoms with van der Waals surface area (Å²) >= 11 is 2.97. The molecule has 1 aliphatic heterocycles. The van der Waals surface area contributed by atoms with Crippen LogP contribution in [-0.4, -0.2) is 27.6 Å². The maximum atomic E-state index is 13.1. The molecule has 0 spiro atoms. The first-order valence-electron chi connectivity index (χ1n) is 12.4. The monoisotopic (exact) mass is 666 g/mol. The molecule has 0 aromatic heterocycles. The summed E-state index contributed by atoms with van der Waals surface area (Å²) < 4.78 is 12.9. The SMILES string of the molecule is CCOc1cc(/C=C2/SC(=O)N(Cc3ccccc3[N+](=O)[O-])C2=O)cc(I)c1OCc1cccc2ccccc12. The number of amides is 2. The van der Waals surface area contributed by atoms with Crippen LogP contribution in [-0.2, 0) is 17.9 Å². The summed E-state index contributed by atoms with van der Waals surface area (Å²) in [4.78, 5) is 37.9. The summed E-state index contributed by atoms with van der Waals surface area (Å²) in [6.07, 6.45) is 1.63. The Morgan fingerprint density at radius 3 is 2.50 bits per heavy atom. The van der Waals surface area contributed by atoms with Crippen molar-refractivity contribution in [1.29, 1.82) is 0 Å². The van der Waals surface area contributed by atoms with Crippen LogP contribution in [0.2, 0.25) is 0 Å². The van der Waals surface area contributed by atoms with Gasteiger partial charge in [0.1, 0.15) is 6.61 Å². The first kappa shape index (κ1) is 27.7. The van der Waals surface area contributed by atoms with Gasteiger partial charge in [0, 0.05) is 11.6 Å². The second-order valence-electron chi connectivity index (χ2n) is 8.84. The van der Waals surface area contributed by atoms with Crippen LogP contribution in [0, 0.1) is 13.7 Å². The van der Waals surface area contributed by atoms with Crippen LogP contribution in [0.4, 0.5) is 10.5 Å². The van der Waals surface area contributed by atoms with Crippen LogP contribution in [0.25, 0.3) is 16.8 Å². The van der Waals surface area contributed by atoms with E-state index in [0.29, 0.717) is 30.3 Å². The molecule has 1 saturated heterocycles. The molecule has 0 saturated carbocycles. The van der Waals surface area contributed by atoms with E-state index in [9.17, 15) is 19.7 Å². The predicted molar refractivity (Wildman–Crippen MR) is 163 cm³/mol. The molecule has 1 fully saturated rings. The summed E-state index contributed by atoms with van der Waals surface area (Å²) in [6, 6.07) is 23.9. The van der Waals surface area contributed by atoms with Crippen molar-refractivity contribution in [2.24, 2.45) is 0 Å². The Morgan fingerprint density at radius 1 is 0.975 bits per heavy atom. The van der Waals surface area contributed by atoms with Gasteiger partial charge in [-0.25, -0.2) is 0 Å². The van der Waals surface area contributed by atoms with E-state index in [2.05, 4.69) is 40.8 Å². The molecule has 8 nitrogen and oxygen atoms in total. The van der Waals surface area contributed by atoms with Crippen molar-refractivity contribution in [3.63, 3.8) is 0 Å². The molecule has 10 heteroatoms. The third kappa shape index (κ3) is 5.82. The lowest BCUT2D eigenvalue weighted by atomic mass is 10.1. The van der Waals surface area contributed by atoms with Gasteiger partial charge in [-0.2, -0.15) is 0 Å². The van der Waals surface area contributed by atoms with Crippen molar-refractivity contribution >= 4 is 68.0 Å². The van der Waals surface area contributed by atoms with Crippen molar-refractivity contribution in [3.8, 4) is 11.5 Å². The number of nitrogens with zero attached hydrogens (tertiary/aromatic N) is 2. The summed E-state index contributed by atoms with van der Waals surface area (Å²) in [7, 11) is 0. The van der Waals surface area contributed by atoms with Gasteiger partial charge in [-0.3, -0.25) is 24.6 Å². The highest BCUT2D eigenvalue weighted by Crippen LogP contribution is 2.39. The minimum absolute atomic E-state index is 0.138. The van der Waals surface area contributed by atoms with Crippen LogP contribution in [0.1, 0.15) is 23.6 Å². The number of thioether (sulfide) groups is 1. The van der Waals surface area contributed by atoms with Gasteiger partial charge in [-0.1, -0.05) is 60.7 Å². The molecule has 40 heavy (non-hydrogen) atoms. The number of hydrogen-bond donors (Lipinski definition) is 0. The van der Waals surface area contributed by atoms with Crippen molar-refractivity contribution < 1.29 is 24.0 Å². The minimum atomic E-state index is -0.522. The van der Waals surface area contributed by atoms with E-state index in [1.54, 1.807) is 30.3 Å². The van der Waals surface area contributed by atoms with Crippen molar-refractivity contribution in [2.75, 3.05) is 6.61 Å². The van der Waals surface area contributed by atoms with E-state index in [-0.39, 0.29) is 22.7 Å². The average molecular weight is 666 g/mol. The van der Waals surface area contributed by atoms with Crippen molar-refractivity contribution in [3.05, 3.63) is 114 Å². The molecular weight excluding hydrogens is 643 g/mol. The molecule has 0 aliphatic carbocycles. The number of fused-ring (bicyclic) bond motifs is 1. The van der Waals surface area contributed by atoms with E-state index in [0.717, 1.165) is 36.6 Å². The molecule has 0 radical (unpaired) electrons. The zero-order chi connectivity index (χ0) is 28.2. The second kappa shape index (κ2) is 12.1. The van der Waals surface area contributed by atoms with Crippen LogP contribution in [0.3, 0.4) is 0 Å². The molecule has 4 aromatic rings. The standard InChI is InChI=1S/C30H23IN2O6S/c1-2-38-26-15-19(14-24(31)28(26)39-18-22-11-7-10-20-8-3-5-12-23(20)22)16-27-29(34)32(30(35)40-27)17-21-9-4-6-13-25(21)33(36)37/h3-16H,2,17-18H2,1H3/b27-16+. The first-order valence-corrected chi connectivity index (χ1v) is 14.3. The largest absolute Gasteiger partial charge is 0.490 e.